The van der Waals surface area contributed by atoms with E-state index in [9.17, 15) is 9.59 Å². The van der Waals surface area contributed by atoms with Crippen LogP contribution in [-0.4, -0.2) is 35.0 Å². The van der Waals surface area contributed by atoms with Crippen molar-refractivity contribution in [1.29, 1.82) is 0 Å². The van der Waals surface area contributed by atoms with Gasteiger partial charge in [-0.05, 0) is 6.42 Å². The normalized spacial score (nSPS) is 27.2. The van der Waals surface area contributed by atoms with E-state index in [1.54, 1.807) is 6.08 Å². The van der Waals surface area contributed by atoms with Crippen LogP contribution in [0.2, 0.25) is 0 Å². The first-order chi connectivity index (χ1) is 7.70. The van der Waals surface area contributed by atoms with Crippen molar-refractivity contribution in [3.8, 4) is 12.3 Å². The lowest BCUT2D eigenvalue weighted by Gasteiger charge is -2.25. The van der Waals surface area contributed by atoms with Crippen LogP contribution in [0, 0.1) is 24.2 Å². The Hall–Kier alpha value is -1.60. The number of nitrogens with zero attached hydrogens (tertiary/aromatic N) is 1. The van der Waals surface area contributed by atoms with E-state index in [0.29, 0.717) is 19.4 Å². The zero-order valence-corrected chi connectivity index (χ0v) is 8.85. The molecule has 0 aromatic heterocycles. The Morgan fingerprint density at radius 2 is 2.19 bits per heavy atom. The Labute approximate surface area is 93.9 Å². The molecule has 1 heterocycles. The van der Waals surface area contributed by atoms with Crippen LogP contribution >= 0.6 is 0 Å². The highest BCUT2D eigenvalue weighted by molar-refractivity contribution is 6.09. The van der Waals surface area contributed by atoms with Crippen molar-refractivity contribution in [2.75, 3.05) is 13.2 Å². The molecule has 1 aliphatic heterocycles. The highest BCUT2D eigenvalue weighted by Crippen LogP contribution is 2.42. The topological polar surface area (TPSA) is 57.6 Å². The van der Waals surface area contributed by atoms with Crippen molar-refractivity contribution in [3.05, 3.63) is 11.6 Å². The van der Waals surface area contributed by atoms with Gasteiger partial charge in [0.25, 0.3) is 0 Å². The van der Waals surface area contributed by atoms with E-state index in [1.807, 2.05) is 0 Å². The molecule has 1 saturated heterocycles. The number of rotatable bonds is 4. The zero-order valence-electron chi connectivity index (χ0n) is 8.85. The quantitative estimate of drug-likeness (QED) is 0.409. The zero-order chi connectivity index (χ0) is 11.7. The van der Waals surface area contributed by atoms with Crippen molar-refractivity contribution in [1.82, 2.24) is 4.90 Å². The minimum absolute atomic E-state index is 0.0148. The minimum atomic E-state index is -0.322. The Balaban J connectivity index is 2.08. The Morgan fingerprint density at radius 3 is 2.81 bits per heavy atom. The van der Waals surface area contributed by atoms with Gasteiger partial charge in [0, 0.05) is 19.6 Å². The molecule has 1 N–H and O–H groups in total. The standard InChI is InChI=1S/C12H13NO3/c1-2-3-5-13-11(15)9-7-8(4-6-14)10(9)12(13)16/h1,7,9-10,14H,3-6H2/t9-,10-/m1/s1. The van der Waals surface area contributed by atoms with Gasteiger partial charge in [-0.3, -0.25) is 14.5 Å². The first kappa shape index (κ1) is 10.9. The SMILES string of the molecule is C#CCCN1C(=O)[C@@H]2C(CCO)=C[C@H]2C1=O. The predicted octanol–water partition coefficient (Wildman–Crippen LogP) is -0.0667. The van der Waals surface area contributed by atoms with E-state index in [0.717, 1.165) is 5.57 Å². The summed E-state index contributed by atoms with van der Waals surface area (Å²) in [5.41, 5.74) is 0.883. The van der Waals surface area contributed by atoms with Crippen LogP contribution in [0.15, 0.2) is 11.6 Å². The molecule has 0 radical (unpaired) electrons. The van der Waals surface area contributed by atoms with Gasteiger partial charge in [0.05, 0.1) is 11.8 Å². The number of hydrogen-bond acceptors (Lipinski definition) is 3. The molecule has 1 fully saturated rings. The van der Waals surface area contributed by atoms with Crippen molar-refractivity contribution >= 4 is 11.8 Å². The van der Waals surface area contributed by atoms with Gasteiger partial charge in [-0.25, -0.2) is 0 Å². The summed E-state index contributed by atoms with van der Waals surface area (Å²) in [6.45, 7) is 0.322. The molecule has 4 heteroatoms. The number of aliphatic hydroxyl groups is 1. The van der Waals surface area contributed by atoms with E-state index < -0.39 is 0 Å². The molecule has 2 aliphatic rings. The van der Waals surface area contributed by atoms with Crippen LogP contribution in [0.5, 0.6) is 0 Å². The lowest BCUT2D eigenvalue weighted by atomic mass is 9.75. The van der Waals surface area contributed by atoms with Crippen LogP contribution in [-0.2, 0) is 9.59 Å². The summed E-state index contributed by atoms with van der Waals surface area (Å²) in [5.74, 6) is 1.50. The summed E-state index contributed by atoms with van der Waals surface area (Å²) < 4.78 is 0. The molecule has 0 unspecified atom stereocenters. The fraction of sp³-hybridized carbons (Fsp3) is 0.500. The highest BCUT2D eigenvalue weighted by atomic mass is 16.3. The average molecular weight is 219 g/mol. The van der Waals surface area contributed by atoms with Crippen LogP contribution < -0.4 is 0 Å². The summed E-state index contributed by atoms with van der Waals surface area (Å²) in [4.78, 5) is 24.9. The Kier molecular flexibility index (Phi) is 2.80. The van der Waals surface area contributed by atoms with Crippen molar-refractivity contribution in [2.24, 2.45) is 11.8 Å². The molecule has 1 aliphatic carbocycles. The number of likely N-dealkylation sites (tertiary alicyclic amines) is 1. The lowest BCUT2D eigenvalue weighted by molar-refractivity contribution is -0.139. The summed E-state index contributed by atoms with van der Waals surface area (Å²) in [6.07, 6.45) is 7.77. The maximum Gasteiger partial charge on any atom is 0.237 e. The fourth-order valence-electron chi connectivity index (χ4n) is 2.29. The largest absolute Gasteiger partial charge is 0.396 e. The second-order valence-electron chi connectivity index (χ2n) is 4.00. The summed E-state index contributed by atoms with van der Waals surface area (Å²) in [7, 11) is 0. The molecule has 0 saturated carbocycles. The van der Waals surface area contributed by atoms with E-state index in [4.69, 9.17) is 11.5 Å². The highest BCUT2D eigenvalue weighted by Gasteiger charge is 2.52. The van der Waals surface area contributed by atoms with Crippen LogP contribution in [0.4, 0.5) is 0 Å². The van der Waals surface area contributed by atoms with Gasteiger partial charge in [-0.1, -0.05) is 11.6 Å². The summed E-state index contributed by atoms with van der Waals surface area (Å²) in [6, 6.07) is 0. The molecular weight excluding hydrogens is 206 g/mol. The number of carbonyl (C=O) groups is 2. The number of amides is 2. The molecule has 16 heavy (non-hydrogen) atoms. The Bertz CT molecular complexity index is 405. The lowest BCUT2D eigenvalue weighted by Crippen LogP contribution is -2.31. The molecule has 4 nitrogen and oxygen atoms in total. The predicted molar refractivity (Wildman–Crippen MR) is 56.9 cm³/mol. The van der Waals surface area contributed by atoms with Crippen molar-refractivity contribution in [2.45, 2.75) is 12.8 Å². The third-order valence-electron chi connectivity index (χ3n) is 3.12. The molecule has 0 aromatic carbocycles. The molecule has 0 spiro atoms. The van der Waals surface area contributed by atoms with Gasteiger partial charge in [-0.15, -0.1) is 12.3 Å². The number of fused-ring (bicyclic) bond motifs is 1. The molecular formula is C12H13NO3. The monoisotopic (exact) mass is 219 g/mol. The average Bonchev–Trinajstić information content (AvgIpc) is 2.40. The third-order valence-corrected chi connectivity index (χ3v) is 3.12. The van der Waals surface area contributed by atoms with Gasteiger partial charge in [0.15, 0.2) is 0 Å². The van der Waals surface area contributed by atoms with E-state index in [1.165, 1.54) is 4.90 Å². The van der Waals surface area contributed by atoms with Crippen molar-refractivity contribution < 1.29 is 14.7 Å². The third kappa shape index (κ3) is 1.44. The number of imide groups is 1. The number of carbonyl (C=O) groups excluding carboxylic acids is 2. The molecule has 2 atom stereocenters. The molecule has 84 valence electrons. The summed E-state index contributed by atoms with van der Waals surface area (Å²) in [5, 5.41) is 8.80. The van der Waals surface area contributed by atoms with Crippen LogP contribution in [0.1, 0.15) is 12.8 Å². The maximum atomic E-state index is 11.9. The molecule has 2 rings (SSSR count). The van der Waals surface area contributed by atoms with Gasteiger partial charge < -0.3 is 5.11 Å². The number of aliphatic hydroxyl groups excluding tert-OH is 1. The molecule has 0 bridgehead atoms. The van der Waals surface area contributed by atoms with E-state index >= 15 is 0 Å². The van der Waals surface area contributed by atoms with Crippen LogP contribution in [0.3, 0.4) is 0 Å². The maximum absolute atomic E-state index is 11.9. The summed E-state index contributed by atoms with van der Waals surface area (Å²) >= 11 is 0. The Morgan fingerprint density at radius 1 is 1.44 bits per heavy atom. The molecule has 0 aromatic rings. The van der Waals surface area contributed by atoms with Gasteiger partial charge in [0.1, 0.15) is 0 Å². The first-order valence-electron chi connectivity index (χ1n) is 5.31. The van der Waals surface area contributed by atoms with Gasteiger partial charge in [0.2, 0.25) is 11.8 Å². The fourth-order valence-corrected chi connectivity index (χ4v) is 2.29. The van der Waals surface area contributed by atoms with E-state index in [2.05, 4.69) is 5.92 Å². The van der Waals surface area contributed by atoms with Crippen molar-refractivity contribution in [3.63, 3.8) is 0 Å². The second kappa shape index (κ2) is 4.11. The molecule has 2 amide bonds. The van der Waals surface area contributed by atoms with Gasteiger partial charge in [-0.2, -0.15) is 0 Å². The van der Waals surface area contributed by atoms with Crippen LogP contribution in [0.25, 0.3) is 0 Å². The first-order valence-corrected chi connectivity index (χ1v) is 5.31. The van der Waals surface area contributed by atoms with Gasteiger partial charge >= 0.3 is 0 Å². The number of hydrogen-bond donors (Lipinski definition) is 1. The van der Waals surface area contributed by atoms with E-state index in [-0.39, 0.29) is 30.3 Å². The minimum Gasteiger partial charge on any atom is -0.396 e. The smallest absolute Gasteiger partial charge is 0.237 e. The second-order valence-corrected chi connectivity index (χ2v) is 4.00. The number of terminal acetylenes is 1.